The van der Waals surface area contributed by atoms with Gasteiger partial charge in [0.2, 0.25) is 0 Å². The first-order valence-electron chi connectivity index (χ1n) is 14.5. The lowest BCUT2D eigenvalue weighted by Gasteiger charge is -2.32. The van der Waals surface area contributed by atoms with Crippen LogP contribution in [0.5, 0.6) is 5.75 Å². The van der Waals surface area contributed by atoms with Gasteiger partial charge in [-0.15, -0.1) is 0 Å². The number of carbonyl (C=O) groups excluding carboxylic acids is 2. The third kappa shape index (κ3) is 6.60. The van der Waals surface area contributed by atoms with Crippen molar-refractivity contribution in [3.05, 3.63) is 107 Å². The number of hydrogen-bond donors (Lipinski definition) is 0. The van der Waals surface area contributed by atoms with Gasteiger partial charge >= 0.3 is 5.97 Å². The summed E-state index contributed by atoms with van der Waals surface area (Å²) in [5, 5.41) is 5.47. The van der Waals surface area contributed by atoms with Gasteiger partial charge < -0.3 is 14.4 Å². The van der Waals surface area contributed by atoms with E-state index in [0.717, 1.165) is 36.2 Å². The Kier molecular flexibility index (Phi) is 8.88. The first-order chi connectivity index (χ1) is 21.5. The number of amidine groups is 1. The zero-order valence-electron chi connectivity index (χ0n) is 24.2. The van der Waals surface area contributed by atoms with Crippen molar-refractivity contribution >= 4 is 34.9 Å². The fourth-order valence-corrected chi connectivity index (χ4v) is 6.13. The summed E-state index contributed by atoms with van der Waals surface area (Å²) in [7, 11) is 0. The van der Waals surface area contributed by atoms with Crippen molar-refractivity contribution in [3.8, 4) is 22.7 Å². The molecule has 1 saturated heterocycles. The molecule has 1 atom stereocenters. The Morgan fingerprint density at radius 1 is 1.07 bits per heavy atom. The van der Waals surface area contributed by atoms with Crippen LogP contribution in [0.25, 0.3) is 23.0 Å². The molecule has 44 heavy (non-hydrogen) atoms. The first-order valence-corrected chi connectivity index (χ1v) is 15.4. The number of nitrogens with zero attached hydrogens (tertiary/aromatic N) is 4. The number of esters is 1. The van der Waals surface area contributed by atoms with E-state index in [2.05, 4.69) is 4.99 Å². The number of aliphatic imine (C=N–C) groups is 1. The summed E-state index contributed by atoms with van der Waals surface area (Å²) in [5.41, 5.74) is 3.63. The van der Waals surface area contributed by atoms with Crippen LogP contribution in [-0.2, 0) is 20.9 Å². The molecule has 1 fully saturated rings. The summed E-state index contributed by atoms with van der Waals surface area (Å²) in [6.45, 7) is 3.47. The molecule has 224 valence electrons. The van der Waals surface area contributed by atoms with Gasteiger partial charge in [0.05, 0.1) is 28.8 Å². The number of aromatic nitrogens is 2. The molecule has 4 aromatic rings. The van der Waals surface area contributed by atoms with E-state index in [1.807, 2.05) is 71.8 Å². The predicted molar refractivity (Wildman–Crippen MR) is 169 cm³/mol. The minimum absolute atomic E-state index is 0.116. The molecular formula is C34H31FN4O4S. The lowest BCUT2D eigenvalue weighted by molar-refractivity contribution is -0.149. The molecular weight excluding hydrogens is 579 g/mol. The lowest BCUT2D eigenvalue weighted by Crippen LogP contribution is -2.41. The van der Waals surface area contributed by atoms with E-state index in [-0.39, 0.29) is 30.2 Å². The van der Waals surface area contributed by atoms with E-state index >= 15 is 0 Å². The van der Waals surface area contributed by atoms with Crippen molar-refractivity contribution in [1.82, 2.24) is 14.7 Å². The Bertz CT molecular complexity index is 1720. The van der Waals surface area contributed by atoms with E-state index in [0.29, 0.717) is 40.2 Å². The number of likely N-dealkylation sites (tertiary alicyclic amines) is 1. The molecule has 0 spiro atoms. The SMILES string of the molecule is CCOC(=O)C1CCCN(C2=NC(=O)C(=Cc3cn(-c4ccccc4)nc3-c3ccc(OCc4ccccc4F)cc3)S2)C1. The maximum absolute atomic E-state index is 14.0. The van der Waals surface area contributed by atoms with E-state index < -0.39 is 0 Å². The fraction of sp³-hybridized carbons (Fsp3) is 0.235. The third-order valence-corrected chi connectivity index (χ3v) is 8.50. The molecule has 3 heterocycles. The molecule has 3 aromatic carbocycles. The van der Waals surface area contributed by atoms with Crippen LogP contribution in [0, 0.1) is 11.7 Å². The first kappa shape index (κ1) is 29.4. The van der Waals surface area contributed by atoms with Crippen molar-refractivity contribution in [1.29, 1.82) is 0 Å². The Morgan fingerprint density at radius 3 is 2.61 bits per heavy atom. The van der Waals surface area contributed by atoms with Gasteiger partial charge in [-0.25, -0.2) is 9.07 Å². The fourth-order valence-electron chi connectivity index (χ4n) is 5.19. The van der Waals surface area contributed by atoms with E-state index in [1.165, 1.54) is 17.8 Å². The van der Waals surface area contributed by atoms with Crippen LogP contribution in [0.15, 0.2) is 95.0 Å². The maximum atomic E-state index is 14.0. The zero-order valence-corrected chi connectivity index (χ0v) is 25.0. The third-order valence-electron chi connectivity index (χ3n) is 7.45. The number of ether oxygens (including phenoxy) is 2. The van der Waals surface area contributed by atoms with Crippen molar-refractivity contribution in [2.24, 2.45) is 10.9 Å². The van der Waals surface area contributed by atoms with Gasteiger partial charge in [-0.05, 0) is 80.1 Å². The highest BCUT2D eigenvalue weighted by Gasteiger charge is 2.33. The highest BCUT2D eigenvalue weighted by atomic mass is 32.2. The molecule has 0 N–H and O–H groups in total. The molecule has 0 aliphatic carbocycles. The van der Waals surface area contributed by atoms with Gasteiger partial charge in [-0.2, -0.15) is 10.1 Å². The molecule has 1 aromatic heterocycles. The summed E-state index contributed by atoms with van der Waals surface area (Å²) >= 11 is 1.31. The van der Waals surface area contributed by atoms with Crippen LogP contribution in [0.1, 0.15) is 30.9 Å². The molecule has 0 saturated carbocycles. The second-order valence-electron chi connectivity index (χ2n) is 10.5. The van der Waals surface area contributed by atoms with E-state index in [4.69, 9.17) is 14.6 Å². The Labute approximate surface area is 259 Å². The van der Waals surface area contributed by atoms with Gasteiger partial charge in [0.25, 0.3) is 5.91 Å². The van der Waals surface area contributed by atoms with Crippen LogP contribution in [-0.4, -0.2) is 51.4 Å². The zero-order chi connectivity index (χ0) is 30.5. The second kappa shape index (κ2) is 13.3. The highest BCUT2D eigenvalue weighted by Crippen LogP contribution is 2.35. The summed E-state index contributed by atoms with van der Waals surface area (Å²) in [5.74, 6) is -0.465. The van der Waals surface area contributed by atoms with Gasteiger partial charge in [-0.3, -0.25) is 9.59 Å². The molecule has 1 unspecified atom stereocenters. The van der Waals surface area contributed by atoms with Gasteiger partial charge in [0.15, 0.2) is 5.17 Å². The van der Waals surface area contributed by atoms with Gasteiger partial charge in [0, 0.05) is 36.0 Å². The van der Waals surface area contributed by atoms with Crippen LogP contribution in [0.3, 0.4) is 0 Å². The Balaban J connectivity index is 1.24. The van der Waals surface area contributed by atoms with Crippen molar-refractivity contribution in [2.45, 2.75) is 26.4 Å². The number of carbonyl (C=O) groups is 2. The molecule has 1 amide bonds. The van der Waals surface area contributed by atoms with Crippen LogP contribution in [0.2, 0.25) is 0 Å². The number of hydrogen-bond acceptors (Lipinski definition) is 7. The summed E-state index contributed by atoms with van der Waals surface area (Å²) in [6, 6.07) is 23.7. The monoisotopic (exact) mass is 610 g/mol. The maximum Gasteiger partial charge on any atom is 0.310 e. The number of amides is 1. The van der Waals surface area contributed by atoms with Gasteiger partial charge in [0.1, 0.15) is 18.2 Å². The number of piperidine rings is 1. The van der Waals surface area contributed by atoms with Crippen LogP contribution in [0.4, 0.5) is 4.39 Å². The number of thioether (sulfide) groups is 1. The minimum Gasteiger partial charge on any atom is -0.489 e. The predicted octanol–water partition coefficient (Wildman–Crippen LogP) is 6.50. The van der Waals surface area contributed by atoms with Crippen LogP contribution >= 0.6 is 11.8 Å². The minimum atomic E-state index is -0.321. The second-order valence-corrected chi connectivity index (χ2v) is 11.5. The number of para-hydroxylation sites is 1. The van der Waals surface area contributed by atoms with Crippen molar-refractivity contribution in [3.63, 3.8) is 0 Å². The number of halogens is 1. The lowest BCUT2D eigenvalue weighted by atomic mass is 9.99. The van der Waals surface area contributed by atoms with Gasteiger partial charge in [-0.1, -0.05) is 36.4 Å². The quantitative estimate of drug-likeness (QED) is 0.166. The average molecular weight is 611 g/mol. The molecule has 10 heteroatoms. The molecule has 0 radical (unpaired) electrons. The number of rotatable bonds is 8. The van der Waals surface area contributed by atoms with Crippen molar-refractivity contribution in [2.75, 3.05) is 19.7 Å². The Hall–Kier alpha value is -4.70. The largest absolute Gasteiger partial charge is 0.489 e. The normalized spacial score (nSPS) is 17.5. The molecule has 6 rings (SSSR count). The summed E-state index contributed by atoms with van der Waals surface area (Å²) < 4.78 is 26.8. The molecule has 2 aliphatic heterocycles. The summed E-state index contributed by atoms with van der Waals surface area (Å²) in [4.78, 5) is 32.2. The molecule has 8 nitrogen and oxygen atoms in total. The van der Waals surface area contributed by atoms with E-state index in [9.17, 15) is 14.0 Å². The smallest absolute Gasteiger partial charge is 0.310 e. The topological polar surface area (TPSA) is 86.0 Å². The van der Waals surface area contributed by atoms with Crippen LogP contribution < -0.4 is 4.74 Å². The molecule has 2 aliphatic rings. The highest BCUT2D eigenvalue weighted by molar-refractivity contribution is 8.18. The standard InChI is InChI=1S/C34H31FN4O4S/c1-2-42-33(41)24-10-8-18-38(20-24)34-36-32(40)30(44-34)19-26-21-39(27-11-4-3-5-12-27)37-31(26)23-14-16-28(17-15-23)43-22-25-9-6-7-13-29(25)35/h3-7,9,11-17,19,21,24H,2,8,10,18,20,22H2,1H3. The number of benzene rings is 3. The average Bonchev–Trinajstić information content (AvgIpc) is 3.65. The molecule has 0 bridgehead atoms. The van der Waals surface area contributed by atoms with Crippen molar-refractivity contribution < 1.29 is 23.5 Å². The van der Waals surface area contributed by atoms with E-state index in [1.54, 1.807) is 29.8 Å². The summed E-state index contributed by atoms with van der Waals surface area (Å²) in [6.07, 6.45) is 5.30. The Morgan fingerprint density at radius 2 is 1.84 bits per heavy atom.